The van der Waals surface area contributed by atoms with Crippen LogP contribution < -0.4 is 10.0 Å². The fourth-order valence-corrected chi connectivity index (χ4v) is 3.42. The van der Waals surface area contributed by atoms with E-state index in [0.29, 0.717) is 0 Å². The third-order valence-electron chi connectivity index (χ3n) is 2.51. The first-order chi connectivity index (χ1) is 9.31. The molecule has 0 fully saturated rings. The Morgan fingerprint density at radius 1 is 1.45 bits per heavy atom. The summed E-state index contributed by atoms with van der Waals surface area (Å²) >= 11 is 5.85. The van der Waals surface area contributed by atoms with Gasteiger partial charge in [-0.2, -0.15) is 0 Å². The molecule has 0 radical (unpaired) electrons. The first-order valence-corrected chi connectivity index (χ1v) is 7.81. The number of nitrogens with one attached hydrogen (secondary N) is 2. The van der Waals surface area contributed by atoms with Crippen LogP contribution in [0.5, 0.6) is 0 Å². The van der Waals surface area contributed by atoms with Gasteiger partial charge in [0.05, 0.1) is 6.61 Å². The van der Waals surface area contributed by atoms with E-state index in [-0.39, 0.29) is 23.7 Å². The first-order valence-electron chi connectivity index (χ1n) is 5.95. The van der Waals surface area contributed by atoms with Crippen molar-refractivity contribution < 1.29 is 17.5 Å². The minimum Gasteiger partial charge on any atom is -0.383 e. The van der Waals surface area contributed by atoms with Gasteiger partial charge in [0.25, 0.3) is 0 Å². The lowest BCUT2D eigenvalue weighted by Gasteiger charge is -2.15. The van der Waals surface area contributed by atoms with E-state index in [1.807, 2.05) is 0 Å². The molecule has 1 aromatic carbocycles. The highest BCUT2D eigenvalue weighted by Gasteiger charge is 2.24. The summed E-state index contributed by atoms with van der Waals surface area (Å²) in [5, 5.41) is 2.92. The zero-order valence-corrected chi connectivity index (χ0v) is 13.1. The molecule has 0 aliphatic heterocycles. The van der Waals surface area contributed by atoms with Crippen molar-refractivity contribution in [1.82, 2.24) is 10.0 Å². The second-order valence-electron chi connectivity index (χ2n) is 4.39. The zero-order chi connectivity index (χ0) is 15.3. The molecule has 0 aliphatic carbocycles. The van der Waals surface area contributed by atoms with Gasteiger partial charge in [-0.15, -0.1) is 0 Å². The fraction of sp³-hybridized carbons (Fsp3) is 0.500. The molecule has 1 unspecified atom stereocenters. The van der Waals surface area contributed by atoms with Gasteiger partial charge in [-0.25, -0.2) is 17.5 Å². The highest BCUT2D eigenvalue weighted by Crippen LogP contribution is 2.24. The van der Waals surface area contributed by atoms with Crippen LogP contribution in [0.3, 0.4) is 0 Å². The lowest BCUT2D eigenvalue weighted by atomic mass is 10.2. The van der Waals surface area contributed by atoms with Crippen LogP contribution in [-0.4, -0.2) is 35.2 Å². The van der Waals surface area contributed by atoms with Crippen molar-refractivity contribution in [3.05, 3.63) is 28.5 Å². The number of hydrogen-bond donors (Lipinski definition) is 2. The van der Waals surface area contributed by atoms with Crippen molar-refractivity contribution >= 4 is 21.6 Å². The Morgan fingerprint density at radius 2 is 2.10 bits per heavy atom. The molecule has 1 rings (SSSR count). The van der Waals surface area contributed by atoms with Crippen LogP contribution in [0.2, 0.25) is 5.02 Å². The average Bonchev–Trinajstić information content (AvgIpc) is 2.33. The topological polar surface area (TPSA) is 67.4 Å². The van der Waals surface area contributed by atoms with Crippen molar-refractivity contribution in [2.24, 2.45) is 0 Å². The molecule has 0 aromatic heterocycles. The second kappa shape index (κ2) is 7.33. The third-order valence-corrected chi connectivity index (χ3v) is 4.32. The van der Waals surface area contributed by atoms with Gasteiger partial charge in [-0.3, -0.25) is 0 Å². The van der Waals surface area contributed by atoms with Crippen molar-refractivity contribution in [3.8, 4) is 0 Å². The molecule has 0 spiro atoms. The second-order valence-corrected chi connectivity index (χ2v) is 6.50. The van der Waals surface area contributed by atoms with Gasteiger partial charge in [-0.05, 0) is 26.1 Å². The number of methoxy groups -OCH3 is 1. The highest BCUT2D eigenvalue weighted by atomic mass is 35.5. The predicted octanol–water partition coefficient (Wildman–Crippen LogP) is 1.51. The quantitative estimate of drug-likeness (QED) is 0.798. The van der Waals surface area contributed by atoms with E-state index in [1.54, 1.807) is 14.0 Å². The molecule has 2 N–H and O–H groups in total. The molecule has 1 aromatic rings. The summed E-state index contributed by atoms with van der Waals surface area (Å²) in [4.78, 5) is -0.460. The summed E-state index contributed by atoms with van der Waals surface area (Å²) in [6.45, 7) is 1.99. The Labute approximate surface area is 123 Å². The van der Waals surface area contributed by atoms with Gasteiger partial charge in [-0.1, -0.05) is 11.6 Å². The Hall–Kier alpha value is -0.730. The van der Waals surface area contributed by atoms with Crippen LogP contribution in [0.25, 0.3) is 0 Å². The maximum atomic E-state index is 14.2. The summed E-state index contributed by atoms with van der Waals surface area (Å²) in [6, 6.07) is 2.01. The van der Waals surface area contributed by atoms with Crippen molar-refractivity contribution in [2.75, 3.05) is 20.8 Å². The summed E-state index contributed by atoms with van der Waals surface area (Å²) in [5.74, 6) is -0.805. The van der Waals surface area contributed by atoms with Gasteiger partial charge in [0.1, 0.15) is 10.7 Å². The van der Waals surface area contributed by atoms with Crippen LogP contribution in [0.15, 0.2) is 17.0 Å². The standard InChI is InChI=1S/C12H18ClFN2O3S/c1-8(7-19-3)16-20(17,18)11-5-10(13)4-9(6-15-2)12(11)14/h4-5,8,15-16H,6-7H2,1-3H3. The zero-order valence-electron chi connectivity index (χ0n) is 11.5. The van der Waals surface area contributed by atoms with Gasteiger partial charge >= 0.3 is 0 Å². The normalized spacial score (nSPS) is 13.4. The van der Waals surface area contributed by atoms with Gasteiger partial charge in [0, 0.05) is 30.3 Å². The van der Waals surface area contributed by atoms with Crippen LogP contribution in [-0.2, 0) is 21.3 Å². The van der Waals surface area contributed by atoms with E-state index in [1.165, 1.54) is 13.2 Å². The summed E-state index contributed by atoms with van der Waals surface area (Å²) < 4.78 is 45.7. The molecule has 8 heteroatoms. The molecule has 0 amide bonds. The highest BCUT2D eigenvalue weighted by molar-refractivity contribution is 7.89. The van der Waals surface area contributed by atoms with E-state index in [9.17, 15) is 12.8 Å². The number of benzene rings is 1. The Balaban J connectivity index is 3.17. The molecule has 0 bridgehead atoms. The number of sulfonamides is 1. The van der Waals surface area contributed by atoms with E-state index in [4.69, 9.17) is 16.3 Å². The van der Waals surface area contributed by atoms with Gasteiger partial charge in [0.15, 0.2) is 0 Å². The van der Waals surface area contributed by atoms with Crippen LogP contribution >= 0.6 is 11.6 Å². The summed E-state index contributed by atoms with van der Waals surface area (Å²) in [7, 11) is -0.906. The third kappa shape index (κ3) is 4.39. The lowest BCUT2D eigenvalue weighted by molar-refractivity contribution is 0.180. The molecule has 0 saturated heterocycles. The molecular formula is C12H18ClFN2O3S. The van der Waals surface area contributed by atoms with Gasteiger partial charge < -0.3 is 10.1 Å². The van der Waals surface area contributed by atoms with E-state index in [2.05, 4.69) is 10.0 Å². The predicted molar refractivity (Wildman–Crippen MR) is 75.8 cm³/mol. The molecule has 114 valence electrons. The van der Waals surface area contributed by atoms with E-state index >= 15 is 0 Å². The number of halogens is 2. The smallest absolute Gasteiger partial charge is 0.243 e. The van der Waals surface area contributed by atoms with Crippen molar-refractivity contribution in [3.63, 3.8) is 0 Å². The number of rotatable bonds is 7. The van der Waals surface area contributed by atoms with Crippen LogP contribution in [0.1, 0.15) is 12.5 Å². The summed E-state index contributed by atoms with van der Waals surface area (Å²) in [6.07, 6.45) is 0. The summed E-state index contributed by atoms with van der Waals surface area (Å²) in [5.41, 5.74) is 0.194. The maximum Gasteiger partial charge on any atom is 0.243 e. The average molecular weight is 325 g/mol. The lowest BCUT2D eigenvalue weighted by Crippen LogP contribution is -2.36. The van der Waals surface area contributed by atoms with Crippen molar-refractivity contribution in [1.29, 1.82) is 0 Å². The van der Waals surface area contributed by atoms with E-state index < -0.39 is 26.8 Å². The molecule has 0 saturated carbocycles. The molecule has 20 heavy (non-hydrogen) atoms. The number of hydrogen-bond acceptors (Lipinski definition) is 4. The van der Waals surface area contributed by atoms with Gasteiger partial charge in [0.2, 0.25) is 10.0 Å². The Morgan fingerprint density at radius 3 is 2.65 bits per heavy atom. The molecular weight excluding hydrogens is 307 g/mol. The fourth-order valence-electron chi connectivity index (χ4n) is 1.75. The van der Waals surface area contributed by atoms with E-state index in [0.717, 1.165) is 6.07 Å². The minimum absolute atomic E-state index is 0.163. The largest absolute Gasteiger partial charge is 0.383 e. The molecule has 0 aliphatic rings. The van der Waals surface area contributed by atoms with Crippen molar-refractivity contribution in [2.45, 2.75) is 24.4 Å². The Bertz CT molecular complexity index is 566. The molecule has 1 atom stereocenters. The maximum absolute atomic E-state index is 14.2. The monoisotopic (exact) mass is 324 g/mol. The SMILES string of the molecule is CNCc1cc(Cl)cc(S(=O)(=O)NC(C)COC)c1F. The minimum atomic E-state index is -3.99. The Kier molecular flexibility index (Phi) is 6.35. The van der Waals surface area contributed by atoms with Crippen LogP contribution in [0.4, 0.5) is 4.39 Å². The molecule has 0 heterocycles. The van der Waals surface area contributed by atoms with Crippen LogP contribution in [0, 0.1) is 5.82 Å². The number of ether oxygens (including phenoxy) is 1. The molecule has 5 nitrogen and oxygen atoms in total. The first kappa shape index (κ1) is 17.3.